The Morgan fingerprint density at radius 3 is 2.29 bits per heavy atom. The molecule has 0 saturated carbocycles. The number of hydrogen-bond acceptors (Lipinski definition) is 4. The molecule has 1 N–H and O–H groups in total. The van der Waals surface area contributed by atoms with Crippen LogP contribution in [0.4, 0.5) is 5.69 Å². The van der Waals surface area contributed by atoms with Crippen LogP contribution in [0, 0.1) is 0 Å². The molecule has 1 atom stereocenters. The quantitative estimate of drug-likeness (QED) is 0.774. The third kappa shape index (κ3) is 4.79. The maximum atomic E-state index is 12.6. The van der Waals surface area contributed by atoms with E-state index in [1.807, 2.05) is 49.2 Å². The molecular weight excluding hydrogens is 374 g/mol. The Hall–Kier alpha value is -2.22. The molecule has 6 nitrogen and oxygen atoms in total. The van der Waals surface area contributed by atoms with E-state index in [2.05, 4.69) is 5.32 Å². The van der Waals surface area contributed by atoms with Crippen LogP contribution in [-0.4, -0.2) is 49.7 Å². The van der Waals surface area contributed by atoms with Crippen LogP contribution >= 0.6 is 0 Å². The van der Waals surface area contributed by atoms with Gasteiger partial charge in [-0.1, -0.05) is 30.3 Å². The van der Waals surface area contributed by atoms with E-state index in [1.54, 1.807) is 24.3 Å². The molecule has 0 radical (unpaired) electrons. The van der Waals surface area contributed by atoms with Crippen LogP contribution in [0.1, 0.15) is 25.3 Å². The van der Waals surface area contributed by atoms with Crippen LogP contribution in [0.3, 0.4) is 0 Å². The molecule has 1 aliphatic heterocycles. The predicted octanol–water partition coefficient (Wildman–Crippen LogP) is 2.93. The molecule has 2 aromatic rings. The third-order valence-corrected chi connectivity index (χ3v) is 7.05. The number of carbonyl (C=O) groups excluding carboxylic acids is 1. The van der Waals surface area contributed by atoms with E-state index in [0.717, 1.165) is 18.4 Å². The number of anilines is 1. The maximum Gasteiger partial charge on any atom is 0.243 e. The zero-order valence-corrected chi connectivity index (χ0v) is 17.2. The van der Waals surface area contributed by atoms with E-state index < -0.39 is 10.0 Å². The summed E-state index contributed by atoms with van der Waals surface area (Å²) in [5.41, 5.74) is 1.73. The predicted molar refractivity (Wildman–Crippen MR) is 110 cm³/mol. The lowest BCUT2D eigenvalue weighted by molar-refractivity contribution is -0.120. The Morgan fingerprint density at radius 2 is 1.68 bits per heavy atom. The lowest BCUT2D eigenvalue weighted by atomic mass is 10.2. The highest BCUT2D eigenvalue weighted by Gasteiger charge is 2.27. The fourth-order valence-corrected chi connectivity index (χ4v) is 4.76. The second-order valence-electron chi connectivity index (χ2n) is 7.20. The van der Waals surface area contributed by atoms with Gasteiger partial charge in [-0.15, -0.1) is 0 Å². The SMILES string of the molecule is C[C@@H](C(=O)Nc1ccc(S(=O)(=O)N2CCCC2)cc1)N(C)Cc1ccccc1. The van der Waals surface area contributed by atoms with Crippen molar-refractivity contribution >= 4 is 21.6 Å². The minimum atomic E-state index is -3.44. The van der Waals surface area contributed by atoms with Crippen LogP contribution in [0.15, 0.2) is 59.5 Å². The molecule has 0 unspecified atom stereocenters. The van der Waals surface area contributed by atoms with E-state index in [4.69, 9.17) is 0 Å². The molecule has 0 aliphatic carbocycles. The zero-order valence-electron chi connectivity index (χ0n) is 16.3. The monoisotopic (exact) mass is 401 g/mol. The molecule has 1 amide bonds. The van der Waals surface area contributed by atoms with Gasteiger partial charge in [0.1, 0.15) is 0 Å². The molecular formula is C21H27N3O3S. The van der Waals surface area contributed by atoms with E-state index in [1.165, 1.54) is 4.31 Å². The Kier molecular flexibility index (Phi) is 6.49. The molecule has 7 heteroatoms. The Bertz CT molecular complexity index is 892. The number of hydrogen-bond donors (Lipinski definition) is 1. The van der Waals surface area contributed by atoms with Crippen molar-refractivity contribution in [2.75, 3.05) is 25.5 Å². The zero-order chi connectivity index (χ0) is 20.1. The van der Waals surface area contributed by atoms with Crippen molar-refractivity contribution < 1.29 is 13.2 Å². The summed E-state index contributed by atoms with van der Waals surface area (Å²) in [4.78, 5) is 14.8. The second-order valence-corrected chi connectivity index (χ2v) is 9.14. The average molecular weight is 402 g/mol. The molecule has 0 aromatic heterocycles. The smallest absolute Gasteiger partial charge is 0.243 e. The summed E-state index contributed by atoms with van der Waals surface area (Å²) < 4.78 is 26.7. The van der Waals surface area contributed by atoms with Gasteiger partial charge in [0.15, 0.2) is 0 Å². The number of nitrogens with one attached hydrogen (secondary N) is 1. The summed E-state index contributed by atoms with van der Waals surface area (Å²) in [7, 11) is -1.53. The summed E-state index contributed by atoms with van der Waals surface area (Å²) in [6, 6.07) is 16.1. The number of nitrogens with zero attached hydrogens (tertiary/aromatic N) is 2. The van der Waals surface area contributed by atoms with Gasteiger partial charge in [0.05, 0.1) is 10.9 Å². The largest absolute Gasteiger partial charge is 0.325 e. The lowest BCUT2D eigenvalue weighted by Crippen LogP contribution is -2.39. The van der Waals surface area contributed by atoms with Gasteiger partial charge in [0, 0.05) is 25.3 Å². The molecule has 1 aliphatic rings. The summed E-state index contributed by atoms with van der Waals surface area (Å²) in [6.07, 6.45) is 1.81. The first-order chi connectivity index (χ1) is 13.4. The average Bonchev–Trinajstić information content (AvgIpc) is 3.24. The van der Waals surface area contributed by atoms with Gasteiger partial charge in [-0.25, -0.2) is 8.42 Å². The summed E-state index contributed by atoms with van der Waals surface area (Å²) in [6.45, 7) is 3.67. The van der Waals surface area contributed by atoms with Crippen LogP contribution in [0.25, 0.3) is 0 Å². The maximum absolute atomic E-state index is 12.6. The fourth-order valence-electron chi connectivity index (χ4n) is 3.24. The fraction of sp³-hybridized carbons (Fsp3) is 0.381. The van der Waals surface area contributed by atoms with Crippen molar-refractivity contribution in [1.29, 1.82) is 0 Å². The number of likely N-dealkylation sites (N-methyl/N-ethyl adjacent to an activating group) is 1. The van der Waals surface area contributed by atoms with Crippen molar-refractivity contribution in [3.8, 4) is 0 Å². The number of amides is 1. The van der Waals surface area contributed by atoms with Crippen LogP contribution in [0.2, 0.25) is 0 Å². The highest BCUT2D eigenvalue weighted by molar-refractivity contribution is 7.89. The van der Waals surface area contributed by atoms with E-state index in [9.17, 15) is 13.2 Å². The normalized spacial score (nSPS) is 16.2. The minimum absolute atomic E-state index is 0.131. The van der Waals surface area contributed by atoms with Gasteiger partial charge in [0.2, 0.25) is 15.9 Å². The first-order valence-electron chi connectivity index (χ1n) is 9.53. The van der Waals surface area contributed by atoms with Gasteiger partial charge in [-0.3, -0.25) is 9.69 Å². The highest BCUT2D eigenvalue weighted by Crippen LogP contribution is 2.22. The van der Waals surface area contributed by atoms with Gasteiger partial charge in [-0.05, 0) is 56.6 Å². The first-order valence-corrected chi connectivity index (χ1v) is 11.0. The number of rotatable bonds is 7. The molecule has 0 bridgehead atoms. The van der Waals surface area contributed by atoms with Crippen molar-refractivity contribution in [1.82, 2.24) is 9.21 Å². The van der Waals surface area contributed by atoms with Crippen LogP contribution < -0.4 is 5.32 Å². The second kappa shape index (κ2) is 8.86. The molecule has 3 rings (SSSR count). The molecule has 1 heterocycles. The van der Waals surface area contributed by atoms with Crippen molar-refractivity contribution in [2.45, 2.75) is 37.2 Å². The van der Waals surface area contributed by atoms with Crippen LogP contribution in [0.5, 0.6) is 0 Å². The Labute approximate surface area is 167 Å². The van der Waals surface area contributed by atoms with Crippen molar-refractivity contribution in [2.24, 2.45) is 0 Å². The van der Waals surface area contributed by atoms with Gasteiger partial charge in [-0.2, -0.15) is 4.31 Å². The van der Waals surface area contributed by atoms with E-state index in [-0.39, 0.29) is 16.8 Å². The van der Waals surface area contributed by atoms with Gasteiger partial charge in [0.25, 0.3) is 0 Å². The third-order valence-electron chi connectivity index (χ3n) is 5.14. The summed E-state index contributed by atoms with van der Waals surface area (Å²) in [5, 5.41) is 2.87. The number of sulfonamides is 1. The van der Waals surface area contributed by atoms with Gasteiger partial charge >= 0.3 is 0 Å². The molecule has 0 spiro atoms. The van der Waals surface area contributed by atoms with E-state index in [0.29, 0.717) is 25.3 Å². The number of benzene rings is 2. The Morgan fingerprint density at radius 1 is 1.07 bits per heavy atom. The highest BCUT2D eigenvalue weighted by atomic mass is 32.2. The number of carbonyl (C=O) groups is 1. The standard InChI is InChI=1S/C21H27N3O3S/c1-17(23(2)16-18-8-4-3-5-9-18)21(25)22-19-10-12-20(13-11-19)28(26,27)24-14-6-7-15-24/h3-5,8-13,17H,6-7,14-16H2,1-2H3,(H,22,25)/t17-/m0/s1. The minimum Gasteiger partial charge on any atom is -0.325 e. The Balaban J connectivity index is 1.60. The molecule has 28 heavy (non-hydrogen) atoms. The topological polar surface area (TPSA) is 69.7 Å². The lowest BCUT2D eigenvalue weighted by Gasteiger charge is -2.24. The molecule has 2 aromatic carbocycles. The van der Waals surface area contributed by atoms with Gasteiger partial charge < -0.3 is 5.32 Å². The molecule has 1 saturated heterocycles. The summed E-state index contributed by atoms with van der Waals surface area (Å²) >= 11 is 0. The molecule has 1 fully saturated rings. The molecule has 150 valence electrons. The first kappa shape index (κ1) is 20.5. The van der Waals surface area contributed by atoms with Crippen molar-refractivity contribution in [3.63, 3.8) is 0 Å². The van der Waals surface area contributed by atoms with E-state index >= 15 is 0 Å². The summed E-state index contributed by atoms with van der Waals surface area (Å²) in [5.74, 6) is -0.131. The van der Waals surface area contributed by atoms with Crippen molar-refractivity contribution in [3.05, 3.63) is 60.2 Å². The van der Waals surface area contributed by atoms with Crippen LogP contribution in [-0.2, 0) is 21.4 Å².